The molecule has 10 heteroatoms. The summed E-state index contributed by atoms with van der Waals surface area (Å²) >= 11 is 0. The van der Waals surface area contributed by atoms with Crippen LogP contribution in [0.2, 0.25) is 0 Å². The van der Waals surface area contributed by atoms with Crippen molar-refractivity contribution < 1.29 is 23.1 Å². The van der Waals surface area contributed by atoms with E-state index in [1.807, 2.05) is 0 Å². The average molecular weight is 267 g/mol. The van der Waals surface area contributed by atoms with Gasteiger partial charge in [0.25, 0.3) is 0 Å². The standard InChI is InChI=1S/C8H12F3N5O2/c9-8(10,11)4-15(1-2-17)6(18)3-16-5-13-7(12)14-16/h5,17H,1-4H2,(H2,12,14). The zero-order valence-corrected chi connectivity index (χ0v) is 9.26. The summed E-state index contributed by atoms with van der Waals surface area (Å²) in [7, 11) is 0. The van der Waals surface area contributed by atoms with E-state index >= 15 is 0 Å². The van der Waals surface area contributed by atoms with E-state index in [4.69, 9.17) is 10.8 Å². The summed E-state index contributed by atoms with van der Waals surface area (Å²) in [5, 5.41) is 12.2. The number of carbonyl (C=O) groups is 1. The zero-order chi connectivity index (χ0) is 13.8. The maximum absolute atomic E-state index is 12.2. The Morgan fingerprint density at radius 1 is 1.56 bits per heavy atom. The third-order valence-corrected chi connectivity index (χ3v) is 1.94. The van der Waals surface area contributed by atoms with Crippen molar-refractivity contribution in [1.82, 2.24) is 19.7 Å². The van der Waals surface area contributed by atoms with Gasteiger partial charge in [-0.2, -0.15) is 13.2 Å². The van der Waals surface area contributed by atoms with Crippen LogP contribution in [-0.2, 0) is 11.3 Å². The van der Waals surface area contributed by atoms with Crippen molar-refractivity contribution >= 4 is 11.9 Å². The maximum atomic E-state index is 12.2. The number of nitrogens with two attached hydrogens (primary N) is 1. The molecule has 0 aliphatic rings. The Morgan fingerprint density at radius 3 is 2.67 bits per heavy atom. The number of aliphatic hydroxyl groups is 1. The summed E-state index contributed by atoms with van der Waals surface area (Å²) < 4.78 is 37.6. The van der Waals surface area contributed by atoms with Gasteiger partial charge in [0, 0.05) is 6.54 Å². The van der Waals surface area contributed by atoms with Crippen LogP contribution < -0.4 is 5.73 Å². The molecule has 0 atom stereocenters. The van der Waals surface area contributed by atoms with Gasteiger partial charge in [0.2, 0.25) is 11.9 Å². The Labute approximate surface area is 100 Å². The molecule has 0 saturated heterocycles. The van der Waals surface area contributed by atoms with Gasteiger partial charge >= 0.3 is 6.18 Å². The molecule has 1 heterocycles. The second-order valence-corrected chi connectivity index (χ2v) is 3.45. The van der Waals surface area contributed by atoms with Crippen molar-refractivity contribution in [3.63, 3.8) is 0 Å². The van der Waals surface area contributed by atoms with Gasteiger partial charge in [0.05, 0.1) is 6.61 Å². The third-order valence-electron chi connectivity index (χ3n) is 1.94. The number of alkyl halides is 3. The number of hydrogen-bond donors (Lipinski definition) is 2. The number of anilines is 1. The highest BCUT2D eigenvalue weighted by Gasteiger charge is 2.32. The summed E-state index contributed by atoms with van der Waals surface area (Å²) in [6, 6.07) is 0. The molecule has 0 unspecified atom stereocenters. The predicted molar refractivity (Wildman–Crippen MR) is 54.2 cm³/mol. The van der Waals surface area contributed by atoms with E-state index in [2.05, 4.69) is 10.1 Å². The molecule has 0 bridgehead atoms. The third kappa shape index (κ3) is 4.57. The van der Waals surface area contributed by atoms with E-state index in [1.165, 1.54) is 0 Å². The molecular formula is C8H12F3N5O2. The van der Waals surface area contributed by atoms with Crippen LogP contribution in [0.15, 0.2) is 6.33 Å². The molecule has 0 aromatic carbocycles. The van der Waals surface area contributed by atoms with Gasteiger partial charge in [-0.1, -0.05) is 0 Å². The van der Waals surface area contributed by atoms with Crippen LogP contribution in [0.5, 0.6) is 0 Å². The number of aromatic nitrogens is 3. The van der Waals surface area contributed by atoms with Crippen LogP contribution in [0.25, 0.3) is 0 Å². The first-order chi connectivity index (χ1) is 8.31. The fourth-order valence-corrected chi connectivity index (χ4v) is 1.25. The Kier molecular flexibility index (Phi) is 4.48. The topological polar surface area (TPSA) is 97.3 Å². The maximum Gasteiger partial charge on any atom is 0.406 e. The smallest absolute Gasteiger partial charge is 0.395 e. The molecule has 0 spiro atoms. The molecule has 102 valence electrons. The lowest BCUT2D eigenvalue weighted by molar-refractivity contribution is -0.162. The number of hydrogen-bond acceptors (Lipinski definition) is 5. The Morgan fingerprint density at radius 2 is 2.22 bits per heavy atom. The lowest BCUT2D eigenvalue weighted by Crippen LogP contribution is -2.42. The molecule has 1 aromatic heterocycles. The van der Waals surface area contributed by atoms with Gasteiger partial charge in [0.1, 0.15) is 19.4 Å². The monoisotopic (exact) mass is 267 g/mol. The summed E-state index contributed by atoms with van der Waals surface area (Å²) in [4.78, 5) is 15.6. The molecule has 1 aromatic rings. The fourth-order valence-electron chi connectivity index (χ4n) is 1.25. The minimum Gasteiger partial charge on any atom is -0.395 e. The normalized spacial score (nSPS) is 11.6. The first kappa shape index (κ1) is 14.2. The number of rotatable bonds is 5. The number of halogens is 3. The number of nitrogen functional groups attached to an aromatic ring is 1. The second kappa shape index (κ2) is 5.67. The lowest BCUT2D eigenvalue weighted by atomic mass is 10.4. The molecule has 1 amide bonds. The number of amides is 1. The highest BCUT2D eigenvalue weighted by Crippen LogP contribution is 2.16. The van der Waals surface area contributed by atoms with Gasteiger partial charge in [-0.25, -0.2) is 9.67 Å². The van der Waals surface area contributed by atoms with Gasteiger partial charge in [-0.15, -0.1) is 5.10 Å². The van der Waals surface area contributed by atoms with Crippen molar-refractivity contribution in [3.8, 4) is 0 Å². The lowest BCUT2D eigenvalue weighted by Gasteiger charge is -2.22. The molecule has 7 nitrogen and oxygen atoms in total. The number of aliphatic hydroxyl groups excluding tert-OH is 1. The van der Waals surface area contributed by atoms with Crippen LogP contribution in [0.1, 0.15) is 0 Å². The number of nitrogens with zero attached hydrogens (tertiary/aromatic N) is 4. The molecule has 18 heavy (non-hydrogen) atoms. The van der Waals surface area contributed by atoms with Gasteiger partial charge in [-0.05, 0) is 0 Å². The number of carbonyl (C=O) groups excluding carboxylic acids is 1. The Bertz CT molecular complexity index is 406. The minimum absolute atomic E-state index is 0.0765. The SMILES string of the molecule is Nc1ncn(CC(=O)N(CCO)CC(F)(F)F)n1. The molecule has 0 aliphatic heterocycles. The molecule has 0 fully saturated rings. The molecular weight excluding hydrogens is 255 g/mol. The van der Waals surface area contributed by atoms with Crippen molar-refractivity contribution in [2.24, 2.45) is 0 Å². The highest BCUT2D eigenvalue weighted by atomic mass is 19.4. The van der Waals surface area contributed by atoms with Crippen molar-refractivity contribution in [3.05, 3.63) is 6.33 Å². The largest absolute Gasteiger partial charge is 0.406 e. The summed E-state index contributed by atoms with van der Waals surface area (Å²) in [6.07, 6.45) is -3.38. The molecule has 3 N–H and O–H groups in total. The fraction of sp³-hybridized carbons (Fsp3) is 0.625. The van der Waals surface area contributed by atoms with E-state index in [1.54, 1.807) is 0 Å². The van der Waals surface area contributed by atoms with Crippen LogP contribution in [0.3, 0.4) is 0 Å². The van der Waals surface area contributed by atoms with Crippen LogP contribution in [0, 0.1) is 0 Å². The quantitative estimate of drug-likeness (QED) is 0.731. The van der Waals surface area contributed by atoms with Crippen LogP contribution in [0.4, 0.5) is 19.1 Å². The van der Waals surface area contributed by atoms with Crippen LogP contribution in [-0.4, -0.2) is 56.6 Å². The highest BCUT2D eigenvalue weighted by molar-refractivity contribution is 5.75. The Hall–Kier alpha value is -1.84. The minimum atomic E-state index is -4.52. The van der Waals surface area contributed by atoms with Gasteiger partial charge < -0.3 is 15.7 Å². The van der Waals surface area contributed by atoms with Crippen molar-refractivity contribution in [2.75, 3.05) is 25.4 Å². The molecule has 0 radical (unpaired) electrons. The summed E-state index contributed by atoms with van der Waals surface area (Å²) in [5.74, 6) is -0.904. The molecule has 1 rings (SSSR count). The first-order valence-corrected chi connectivity index (χ1v) is 4.92. The Balaban J connectivity index is 2.64. The van der Waals surface area contributed by atoms with E-state index in [9.17, 15) is 18.0 Å². The van der Waals surface area contributed by atoms with Crippen LogP contribution >= 0.6 is 0 Å². The van der Waals surface area contributed by atoms with E-state index in [0.29, 0.717) is 4.90 Å². The summed E-state index contributed by atoms with van der Waals surface area (Å²) in [5.41, 5.74) is 5.20. The molecule has 0 saturated carbocycles. The predicted octanol–water partition coefficient (Wildman–Crippen LogP) is -0.757. The van der Waals surface area contributed by atoms with E-state index < -0.39 is 38.3 Å². The van der Waals surface area contributed by atoms with E-state index in [0.717, 1.165) is 11.0 Å². The average Bonchev–Trinajstić information content (AvgIpc) is 2.61. The van der Waals surface area contributed by atoms with Gasteiger partial charge in [0.15, 0.2) is 0 Å². The van der Waals surface area contributed by atoms with Crippen molar-refractivity contribution in [1.29, 1.82) is 0 Å². The first-order valence-electron chi connectivity index (χ1n) is 4.92. The zero-order valence-electron chi connectivity index (χ0n) is 9.26. The van der Waals surface area contributed by atoms with E-state index in [-0.39, 0.29) is 5.95 Å². The van der Waals surface area contributed by atoms with Gasteiger partial charge in [-0.3, -0.25) is 4.79 Å². The van der Waals surface area contributed by atoms with Crippen molar-refractivity contribution in [2.45, 2.75) is 12.7 Å². The molecule has 0 aliphatic carbocycles. The summed E-state index contributed by atoms with van der Waals surface area (Å²) in [6.45, 7) is -2.79. The second-order valence-electron chi connectivity index (χ2n) is 3.45.